The Morgan fingerprint density at radius 3 is 2.70 bits per heavy atom. The van der Waals surface area contributed by atoms with Crippen molar-refractivity contribution in [1.82, 2.24) is 10.2 Å². The molecule has 108 valence electrons. The zero-order valence-electron chi connectivity index (χ0n) is 11.3. The molecule has 20 heavy (non-hydrogen) atoms. The number of hydrogen-bond acceptors (Lipinski definition) is 6. The van der Waals surface area contributed by atoms with Gasteiger partial charge in [0.05, 0.1) is 5.02 Å². The van der Waals surface area contributed by atoms with Crippen molar-refractivity contribution in [2.45, 2.75) is 39.4 Å². The van der Waals surface area contributed by atoms with Gasteiger partial charge in [-0.2, -0.15) is 0 Å². The summed E-state index contributed by atoms with van der Waals surface area (Å²) in [6.07, 6.45) is 3.82. The van der Waals surface area contributed by atoms with Crippen molar-refractivity contribution in [3.8, 4) is 0 Å². The molecular weight excluding hydrogens is 330 g/mol. The van der Waals surface area contributed by atoms with Crippen LogP contribution in [0.2, 0.25) is 5.02 Å². The Hall–Kier alpha value is -0.270. The lowest BCUT2D eigenvalue weighted by molar-refractivity contribution is 0.646. The average molecular weight is 346 g/mol. The van der Waals surface area contributed by atoms with E-state index in [0.717, 1.165) is 31.4 Å². The van der Waals surface area contributed by atoms with Crippen molar-refractivity contribution in [2.75, 3.05) is 6.26 Å². The molecule has 2 N–H and O–H groups in total. The van der Waals surface area contributed by atoms with Gasteiger partial charge in [-0.05, 0) is 36.8 Å². The minimum Gasteiger partial charge on any atom is -0.327 e. The van der Waals surface area contributed by atoms with Crippen LogP contribution in [0.5, 0.6) is 0 Å². The number of nitrogens with zero attached hydrogens (tertiary/aromatic N) is 2. The Kier molecular flexibility index (Phi) is 6.17. The smallest absolute Gasteiger partial charge is 0.179 e. The van der Waals surface area contributed by atoms with Gasteiger partial charge in [-0.1, -0.05) is 59.5 Å². The Morgan fingerprint density at radius 2 is 2.10 bits per heavy atom. The molecule has 0 saturated carbocycles. The molecule has 0 saturated heterocycles. The molecule has 0 spiro atoms. The lowest BCUT2D eigenvalue weighted by Crippen LogP contribution is -2.21. The van der Waals surface area contributed by atoms with Crippen LogP contribution in [-0.4, -0.2) is 22.5 Å². The van der Waals surface area contributed by atoms with E-state index in [0.29, 0.717) is 0 Å². The van der Waals surface area contributed by atoms with Gasteiger partial charge in [-0.3, -0.25) is 0 Å². The first-order valence-corrected chi connectivity index (χ1v) is 9.45. The van der Waals surface area contributed by atoms with Crippen LogP contribution in [0, 0.1) is 0 Å². The van der Waals surface area contributed by atoms with E-state index in [1.54, 1.807) is 34.9 Å². The normalized spacial score (nSPS) is 12.6. The molecule has 1 aromatic carbocycles. The highest BCUT2D eigenvalue weighted by Crippen LogP contribution is 2.36. The molecule has 1 heterocycles. The predicted molar refractivity (Wildman–Crippen MR) is 89.2 cm³/mol. The van der Waals surface area contributed by atoms with Gasteiger partial charge in [-0.15, -0.1) is 10.2 Å². The second-order valence-electron chi connectivity index (χ2n) is 4.28. The largest absolute Gasteiger partial charge is 0.327 e. The van der Waals surface area contributed by atoms with Crippen LogP contribution in [-0.2, 0) is 6.42 Å². The number of hydrogen-bond donors (Lipinski definition) is 1. The minimum atomic E-state index is 0.192. The van der Waals surface area contributed by atoms with Crippen molar-refractivity contribution in [3.63, 3.8) is 0 Å². The van der Waals surface area contributed by atoms with E-state index in [9.17, 15) is 0 Å². The van der Waals surface area contributed by atoms with Gasteiger partial charge >= 0.3 is 0 Å². The monoisotopic (exact) mass is 345 g/mol. The second-order valence-corrected chi connectivity index (χ2v) is 8.00. The van der Waals surface area contributed by atoms with Gasteiger partial charge in [0.2, 0.25) is 0 Å². The lowest BCUT2D eigenvalue weighted by Gasteiger charge is -2.10. The first-order valence-electron chi connectivity index (χ1n) is 6.21. The van der Waals surface area contributed by atoms with Crippen LogP contribution in [0.15, 0.2) is 31.8 Å². The highest BCUT2D eigenvalue weighted by Gasteiger charge is 2.10. The Morgan fingerprint density at radius 1 is 1.35 bits per heavy atom. The molecular formula is C13H16ClN3S3. The first-order chi connectivity index (χ1) is 9.62. The SMILES string of the molecule is CCC(N)Cc1ccc(Sc2nnc(SC)s2)c(Cl)c1. The van der Waals surface area contributed by atoms with Crippen LogP contribution < -0.4 is 5.73 Å². The number of benzene rings is 1. The van der Waals surface area contributed by atoms with E-state index in [-0.39, 0.29) is 6.04 Å². The van der Waals surface area contributed by atoms with Crippen LogP contribution in [0.4, 0.5) is 0 Å². The molecule has 0 aliphatic heterocycles. The summed E-state index contributed by atoms with van der Waals surface area (Å²) in [6, 6.07) is 6.30. The van der Waals surface area contributed by atoms with Crippen LogP contribution in [0.3, 0.4) is 0 Å². The average Bonchev–Trinajstić information content (AvgIpc) is 2.89. The zero-order chi connectivity index (χ0) is 14.5. The maximum atomic E-state index is 6.34. The Labute approximate surface area is 136 Å². The topological polar surface area (TPSA) is 51.8 Å². The summed E-state index contributed by atoms with van der Waals surface area (Å²) in [5.41, 5.74) is 7.14. The van der Waals surface area contributed by atoms with Gasteiger partial charge in [0, 0.05) is 10.9 Å². The van der Waals surface area contributed by atoms with Gasteiger partial charge in [0.1, 0.15) is 0 Å². The molecule has 0 amide bonds. The number of nitrogens with two attached hydrogens (primary N) is 1. The van der Waals surface area contributed by atoms with E-state index in [4.69, 9.17) is 17.3 Å². The van der Waals surface area contributed by atoms with Crippen molar-refractivity contribution < 1.29 is 0 Å². The molecule has 0 aliphatic carbocycles. The molecule has 3 nitrogen and oxygen atoms in total. The van der Waals surface area contributed by atoms with Crippen molar-refractivity contribution in [1.29, 1.82) is 0 Å². The highest BCUT2D eigenvalue weighted by atomic mass is 35.5. The van der Waals surface area contributed by atoms with Crippen LogP contribution in [0.25, 0.3) is 0 Å². The van der Waals surface area contributed by atoms with Gasteiger partial charge in [-0.25, -0.2) is 0 Å². The third-order valence-electron chi connectivity index (χ3n) is 2.78. The Bertz CT molecular complexity index is 574. The lowest BCUT2D eigenvalue weighted by atomic mass is 10.1. The third kappa shape index (κ3) is 4.36. The molecule has 0 aliphatic rings. The Balaban J connectivity index is 2.09. The fourth-order valence-electron chi connectivity index (χ4n) is 1.62. The fourth-order valence-corrected chi connectivity index (χ4v) is 4.33. The number of thioether (sulfide) groups is 1. The molecule has 2 rings (SSSR count). The summed E-state index contributed by atoms with van der Waals surface area (Å²) in [5, 5.41) is 8.97. The molecule has 1 atom stereocenters. The van der Waals surface area contributed by atoms with Crippen molar-refractivity contribution in [3.05, 3.63) is 28.8 Å². The zero-order valence-corrected chi connectivity index (χ0v) is 14.5. The quantitative estimate of drug-likeness (QED) is 0.789. The molecule has 0 radical (unpaired) electrons. The standard InChI is InChI=1S/C13H16ClN3S3/c1-3-9(15)6-8-4-5-11(10(14)7-8)19-13-17-16-12(18-2)20-13/h4-5,7,9H,3,6,15H2,1-2H3. The molecule has 0 bridgehead atoms. The summed E-state index contributed by atoms with van der Waals surface area (Å²) in [5.74, 6) is 0. The van der Waals surface area contributed by atoms with E-state index in [1.165, 1.54) is 5.56 Å². The second kappa shape index (κ2) is 7.66. The van der Waals surface area contributed by atoms with Gasteiger partial charge in [0.25, 0.3) is 0 Å². The van der Waals surface area contributed by atoms with Crippen LogP contribution in [0.1, 0.15) is 18.9 Å². The minimum absolute atomic E-state index is 0.192. The number of aromatic nitrogens is 2. The van der Waals surface area contributed by atoms with Crippen molar-refractivity contribution >= 4 is 46.5 Å². The van der Waals surface area contributed by atoms with Gasteiger partial charge < -0.3 is 5.73 Å². The fraction of sp³-hybridized carbons (Fsp3) is 0.385. The predicted octanol–water partition coefficient (Wildman–Crippen LogP) is 4.34. The number of rotatable bonds is 6. The maximum absolute atomic E-state index is 6.34. The molecule has 7 heteroatoms. The number of halogens is 1. The summed E-state index contributed by atoms with van der Waals surface area (Å²) < 4.78 is 1.88. The van der Waals surface area contributed by atoms with Crippen LogP contribution >= 0.6 is 46.5 Å². The summed E-state index contributed by atoms with van der Waals surface area (Å²) in [6.45, 7) is 2.09. The maximum Gasteiger partial charge on any atom is 0.179 e. The molecule has 1 aromatic heterocycles. The molecule has 2 aromatic rings. The van der Waals surface area contributed by atoms with Crippen molar-refractivity contribution in [2.24, 2.45) is 5.73 Å². The van der Waals surface area contributed by atoms with E-state index < -0.39 is 0 Å². The van der Waals surface area contributed by atoms with Gasteiger partial charge in [0.15, 0.2) is 8.68 Å². The van der Waals surface area contributed by atoms with E-state index in [1.807, 2.05) is 18.4 Å². The molecule has 1 unspecified atom stereocenters. The molecule has 0 fully saturated rings. The first kappa shape index (κ1) is 16.1. The summed E-state index contributed by atoms with van der Waals surface area (Å²) >= 11 is 11.1. The third-order valence-corrected chi connectivity index (χ3v) is 6.23. The van der Waals surface area contributed by atoms with E-state index in [2.05, 4.69) is 23.2 Å². The van der Waals surface area contributed by atoms with E-state index >= 15 is 0 Å². The summed E-state index contributed by atoms with van der Waals surface area (Å²) in [7, 11) is 0. The summed E-state index contributed by atoms with van der Waals surface area (Å²) in [4.78, 5) is 1.00. The highest BCUT2D eigenvalue weighted by molar-refractivity contribution is 8.03.